The second-order valence-corrected chi connectivity index (χ2v) is 6.35. The van der Waals surface area contributed by atoms with E-state index in [-0.39, 0.29) is 0 Å². The molecule has 3 nitrogen and oxygen atoms in total. The van der Waals surface area contributed by atoms with E-state index in [9.17, 15) is 0 Å². The largest absolute Gasteiger partial charge is 0.330 e. The zero-order valence-corrected chi connectivity index (χ0v) is 13.4. The molecule has 0 bridgehead atoms. The van der Waals surface area contributed by atoms with Crippen molar-refractivity contribution >= 4 is 21.9 Å². The Balaban J connectivity index is 2.10. The van der Waals surface area contributed by atoms with E-state index >= 15 is 0 Å². The van der Waals surface area contributed by atoms with Gasteiger partial charge in [0.05, 0.1) is 23.6 Å². The standard InChI is InChI=1S/C20H19N3/c1-14(2)12-23-13-22-18-11-21-17-10-6-9-16(19(17)20(18)23)15-7-4-3-5-8-15/h3-11,13-14H,12H2,1-2H3. The molecule has 0 saturated carbocycles. The third-order valence-corrected chi connectivity index (χ3v) is 4.12. The summed E-state index contributed by atoms with van der Waals surface area (Å²) in [4.78, 5) is 9.17. The molecule has 2 aromatic heterocycles. The van der Waals surface area contributed by atoms with Gasteiger partial charge >= 0.3 is 0 Å². The number of fused-ring (bicyclic) bond motifs is 3. The second-order valence-electron chi connectivity index (χ2n) is 6.35. The van der Waals surface area contributed by atoms with E-state index in [1.807, 2.05) is 18.6 Å². The third kappa shape index (κ3) is 2.38. The van der Waals surface area contributed by atoms with Crippen LogP contribution in [0.2, 0.25) is 0 Å². The maximum atomic E-state index is 4.61. The van der Waals surface area contributed by atoms with Gasteiger partial charge < -0.3 is 4.57 Å². The number of pyridine rings is 1. The molecule has 0 aliphatic rings. The van der Waals surface area contributed by atoms with Crippen LogP contribution in [0.1, 0.15) is 13.8 Å². The molecule has 0 saturated heterocycles. The Morgan fingerprint density at radius 2 is 1.74 bits per heavy atom. The van der Waals surface area contributed by atoms with Crippen molar-refractivity contribution in [1.82, 2.24) is 14.5 Å². The minimum absolute atomic E-state index is 0.569. The van der Waals surface area contributed by atoms with Gasteiger partial charge in [-0.1, -0.05) is 56.3 Å². The molecular formula is C20H19N3. The number of benzene rings is 2. The third-order valence-electron chi connectivity index (χ3n) is 4.12. The van der Waals surface area contributed by atoms with Gasteiger partial charge in [0.15, 0.2) is 0 Å². The van der Waals surface area contributed by atoms with Crippen LogP contribution in [0.4, 0.5) is 0 Å². The lowest BCUT2D eigenvalue weighted by molar-refractivity contribution is 0.533. The van der Waals surface area contributed by atoms with E-state index in [0.717, 1.165) is 17.6 Å². The topological polar surface area (TPSA) is 30.7 Å². The van der Waals surface area contributed by atoms with Crippen LogP contribution in [-0.4, -0.2) is 14.5 Å². The Morgan fingerprint density at radius 1 is 0.913 bits per heavy atom. The monoisotopic (exact) mass is 301 g/mol. The summed E-state index contributed by atoms with van der Waals surface area (Å²) in [5, 5.41) is 1.19. The van der Waals surface area contributed by atoms with Crippen molar-refractivity contribution < 1.29 is 0 Å². The molecule has 0 N–H and O–H groups in total. The number of rotatable bonds is 3. The van der Waals surface area contributed by atoms with E-state index in [4.69, 9.17) is 0 Å². The van der Waals surface area contributed by atoms with Crippen molar-refractivity contribution in [2.45, 2.75) is 20.4 Å². The predicted octanol–water partition coefficient (Wildman–Crippen LogP) is 4.91. The fraction of sp³-hybridized carbons (Fsp3) is 0.200. The van der Waals surface area contributed by atoms with E-state index in [0.29, 0.717) is 5.92 Å². The lowest BCUT2D eigenvalue weighted by atomic mass is 9.99. The average Bonchev–Trinajstić information content (AvgIpc) is 2.97. The fourth-order valence-corrected chi connectivity index (χ4v) is 3.18. The van der Waals surface area contributed by atoms with Gasteiger partial charge in [0.25, 0.3) is 0 Å². The van der Waals surface area contributed by atoms with E-state index in [1.54, 1.807) is 0 Å². The SMILES string of the molecule is CC(C)Cn1cnc2cnc3cccc(-c4ccccc4)c3c21. The first-order chi connectivity index (χ1) is 11.2. The quantitative estimate of drug-likeness (QED) is 0.538. The van der Waals surface area contributed by atoms with Crippen LogP contribution in [0.15, 0.2) is 61.1 Å². The van der Waals surface area contributed by atoms with Crippen molar-refractivity contribution in [3.63, 3.8) is 0 Å². The van der Waals surface area contributed by atoms with E-state index < -0.39 is 0 Å². The van der Waals surface area contributed by atoms with Crippen LogP contribution in [0.25, 0.3) is 33.1 Å². The fourth-order valence-electron chi connectivity index (χ4n) is 3.18. The minimum Gasteiger partial charge on any atom is -0.330 e. The van der Waals surface area contributed by atoms with Gasteiger partial charge in [-0.15, -0.1) is 0 Å². The van der Waals surface area contributed by atoms with Crippen LogP contribution in [0, 0.1) is 5.92 Å². The Labute approximate surface area is 135 Å². The molecule has 0 aliphatic heterocycles. The molecule has 3 heteroatoms. The molecule has 0 fully saturated rings. The molecule has 0 radical (unpaired) electrons. The molecule has 4 rings (SSSR count). The first kappa shape index (κ1) is 13.9. The maximum Gasteiger partial charge on any atom is 0.107 e. The Morgan fingerprint density at radius 3 is 2.52 bits per heavy atom. The molecular weight excluding hydrogens is 282 g/mol. The zero-order valence-electron chi connectivity index (χ0n) is 13.4. The summed E-state index contributed by atoms with van der Waals surface area (Å²) < 4.78 is 2.26. The van der Waals surface area contributed by atoms with Crippen LogP contribution >= 0.6 is 0 Å². The lowest BCUT2D eigenvalue weighted by Gasteiger charge is -2.12. The smallest absolute Gasteiger partial charge is 0.107 e. The molecule has 23 heavy (non-hydrogen) atoms. The second kappa shape index (κ2) is 5.51. The first-order valence-corrected chi connectivity index (χ1v) is 8.02. The van der Waals surface area contributed by atoms with Crippen molar-refractivity contribution in [2.24, 2.45) is 5.92 Å². The van der Waals surface area contributed by atoms with Crippen LogP contribution in [0.5, 0.6) is 0 Å². The van der Waals surface area contributed by atoms with Crippen molar-refractivity contribution in [1.29, 1.82) is 0 Å². The summed E-state index contributed by atoms with van der Waals surface area (Å²) in [7, 11) is 0. The van der Waals surface area contributed by atoms with E-state index in [1.165, 1.54) is 22.0 Å². The van der Waals surface area contributed by atoms with Crippen LogP contribution in [0.3, 0.4) is 0 Å². The highest BCUT2D eigenvalue weighted by molar-refractivity contribution is 6.10. The van der Waals surface area contributed by atoms with Gasteiger partial charge in [0, 0.05) is 11.9 Å². The molecule has 0 spiro atoms. The summed E-state index contributed by atoms with van der Waals surface area (Å²) in [5.41, 5.74) is 5.59. The van der Waals surface area contributed by atoms with Gasteiger partial charge in [-0.05, 0) is 23.1 Å². The Kier molecular flexibility index (Phi) is 3.34. The molecule has 0 amide bonds. The molecule has 4 aromatic rings. The van der Waals surface area contributed by atoms with E-state index in [2.05, 4.69) is 70.8 Å². The van der Waals surface area contributed by atoms with Crippen molar-refractivity contribution in [3.05, 3.63) is 61.1 Å². The normalized spacial score (nSPS) is 11.6. The number of imidazole rings is 1. The number of hydrogen-bond acceptors (Lipinski definition) is 2. The Hall–Kier alpha value is -2.68. The summed E-state index contributed by atoms with van der Waals surface area (Å²) in [6, 6.07) is 16.8. The van der Waals surface area contributed by atoms with Crippen molar-refractivity contribution in [2.75, 3.05) is 0 Å². The minimum atomic E-state index is 0.569. The molecule has 0 aliphatic carbocycles. The number of nitrogens with zero attached hydrogens (tertiary/aromatic N) is 3. The molecule has 114 valence electrons. The van der Waals surface area contributed by atoms with Crippen molar-refractivity contribution in [3.8, 4) is 11.1 Å². The average molecular weight is 301 g/mol. The maximum absolute atomic E-state index is 4.61. The molecule has 2 aromatic carbocycles. The lowest BCUT2D eigenvalue weighted by Crippen LogP contribution is -2.03. The highest BCUT2D eigenvalue weighted by Crippen LogP contribution is 2.33. The zero-order chi connectivity index (χ0) is 15.8. The molecule has 2 heterocycles. The Bertz CT molecular complexity index is 968. The van der Waals surface area contributed by atoms with Gasteiger partial charge in [0.1, 0.15) is 5.52 Å². The molecule has 0 atom stereocenters. The predicted molar refractivity (Wildman–Crippen MR) is 95.3 cm³/mol. The summed E-state index contributed by atoms with van der Waals surface area (Å²) in [5.74, 6) is 0.569. The molecule has 0 unspecified atom stereocenters. The van der Waals surface area contributed by atoms with Crippen LogP contribution in [-0.2, 0) is 6.54 Å². The van der Waals surface area contributed by atoms with Gasteiger partial charge in [-0.2, -0.15) is 0 Å². The first-order valence-electron chi connectivity index (χ1n) is 8.02. The highest BCUT2D eigenvalue weighted by atomic mass is 15.0. The summed E-state index contributed by atoms with van der Waals surface area (Å²) in [6.45, 7) is 5.42. The number of aromatic nitrogens is 3. The van der Waals surface area contributed by atoms with Gasteiger partial charge in [-0.25, -0.2) is 4.98 Å². The van der Waals surface area contributed by atoms with Crippen LogP contribution < -0.4 is 0 Å². The van der Waals surface area contributed by atoms with Gasteiger partial charge in [0.2, 0.25) is 0 Å². The summed E-state index contributed by atoms with van der Waals surface area (Å²) >= 11 is 0. The summed E-state index contributed by atoms with van der Waals surface area (Å²) in [6.07, 6.45) is 3.82. The number of hydrogen-bond donors (Lipinski definition) is 0. The highest BCUT2D eigenvalue weighted by Gasteiger charge is 2.13. The van der Waals surface area contributed by atoms with Gasteiger partial charge in [-0.3, -0.25) is 4.98 Å².